The predicted molar refractivity (Wildman–Crippen MR) is 77.3 cm³/mol. The molecule has 0 amide bonds. The van der Waals surface area contributed by atoms with Crippen LogP contribution in [0.2, 0.25) is 0 Å². The molecule has 110 valence electrons. The second-order valence-electron chi connectivity index (χ2n) is 5.02. The second-order valence-corrected chi connectivity index (χ2v) is 5.02. The van der Waals surface area contributed by atoms with E-state index in [2.05, 4.69) is 31.9 Å². The molecular formula is C15H28N2O2. The molecule has 1 atom stereocenters. The van der Waals surface area contributed by atoms with Crippen molar-refractivity contribution >= 4 is 0 Å². The highest BCUT2D eigenvalue weighted by molar-refractivity contribution is 5.11. The summed E-state index contributed by atoms with van der Waals surface area (Å²) in [4.78, 5) is 0. The molecule has 1 aromatic heterocycles. The lowest BCUT2D eigenvalue weighted by molar-refractivity contribution is -0.124. The third-order valence-electron chi connectivity index (χ3n) is 3.92. The summed E-state index contributed by atoms with van der Waals surface area (Å²) in [6.45, 7) is 11.6. The molecule has 0 saturated carbocycles. The maximum Gasteiger partial charge on any atom is 0.0938 e. The van der Waals surface area contributed by atoms with Gasteiger partial charge in [-0.25, -0.2) is 0 Å². The van der Waals surface area contributed by atoms with E-state index in [0.29, 0.717) is 13.0 Å². The van der Waals surface area contributed by atoms with Crippen LogP contribution in [0.1, 0.15) is 51.9 Å². The minimum Gasteiger partial charge on any atom is -0.390 e. The molecule has 0 aliphatic heterocycles. The summed E-state index contributed by atoms with van der Waals surface area (Å²) in [5.74, 6) is 0. The average molecular weight is 268 g/mol. The Labute approximate surface area is 116 Å². The molecule has 1 aromatic rings. The van der Waals surface area contributed by atoms with Crippen LogP contribution in [0, 0.1) is 6.92 Å². The van der Waals surface area contributed by atoms with E-state index in [4.69, 9.17) is 4.74 Å². The highest BCUT2D eigenvalue weighted by atomic mass is 16.5. The fourth-order valence-electron chi connectivity index (χ4n) is 2.73. The van der Waals surface area contributed by atoms with Crippen LogP contribution in [0.15, 0.2) is 6.07 Å². The topological polar surface area (TPSA) is 47.3 Å². The van der Waals surface area contributed by atoms with Crippen LogP contribution in [-0.4, -0.2) is 33.2 Å². The molecule has 4 heteroatoms. The lowest BCUT2D eigenvalue weighted by atomic mass is 9.87. The number of hydrogen-bond donors (Lipinski definition) is 1. The first-order chi connectivity index (χ1) is 9.02. The fourth-order valence-corrected chi connectivity index (χ4v) is 2.73. The van der Waals surface area contributed by atoms with Gasteiger partial charge in [0.1, 0.15) is 0 Å². The summed E-state index contributed by atoms with van der Waals surface area (Å²) in [6, 6.07) is 2.05. The molecule has 4 nitrogen and oxygen atoms in total. The number of aliphatic hydroxyl groups is 1. The molecule has 0 radical (unpaired) electrons. The molecule has 0 aromatic carbocycles. The monoisotopic (exact) mass is 268 g/mol. The van der Waals surface area contributed by atoms with Gasteiger partial charge >= 0.3 is 0 Å². The summed E-state index contributed by atoms with van der Waals surface area (Å²) in [7, 11) is 0. The van der Waals surface area contributed by atoms with E-state index < -0.39 is 11.7 Å². The van der Waals surface area contributed by atoms with Crippen molar-refractivity contribution in [1.29, 1.82) is 0 Å². The summed E-state index contributed by atoms with van der Waals surface area (Å²) in [5.41, 5.74) is 1.64. The minimum atomic E-state index is -0.496. The third-order valence-corrected chi connectivity index (χ3v) is 3.92. The number of aliphatic hydroxyl groups excluding tert-OH is 1. The Balaban J connectivity index is 2.89. The van der Waals surface area contributed by atoms with Gasteiger partial charge in [0, 0.05) is 25.3 Å². The van der Waals surface area contributed by atoms with Gasteiger partial charge in [0.2, 0.25) is 0 Å². The van der Waals surface area contributed by atoms with Crippen LogP contribution in [0.4, 0.5) is 0 Å². The zero-order valence-corrected chi connectivity index (χ0v) is 12.9. The second kappa shape index (κ2) is 7.06. The zero-order valence-electron chi connectivity index (χ0n) is 12.9. The van der Waals surface area contributed by atoms with Crippen molar-refractivity contribution in [3.8, 4) is 0 Å². The van der Waals surface area contributed by atoms with Gasteiger partial charge in [-0.3, -0.25) is 4.68 Å². The van der Waals surface area contributed by atoms with Gasteiger partial charge in [-0.2, -0.15) is 5.10 Å². The molecule has 1 heterocycles. The summed E-state index contributed by atoms with van der Waals surface area (Å²) >= 11 is 0. The normalized spacial score (nSPS) is 13.8. The van der Waals surface area contributed by atoms with Gasteiger partial charge < -0.3 is 9.84 Å². The SMILES string of the molecule is CCOC(CC)(CC)C(O)Cc1cc(C)nn1CC. The van der Waals surface area contributed by atoms with Crippen LogP contribution in [-0.2, 0) is 17.7 Å². The highest BCUT2D eigenvalue weighted by Crippen LogP contribution is 2.27. The first-order valence-corrected chi connectivity index (χ1v) is 7.38. The Bertz CT molecular complexity index is 383. The number of ether oxygens (including phenoxy) is 1. The Morgan fingerprint density at radius 2 is 1.95 bits per heavy atom. The highest BCUT2D eigenvalue weighted by Gasteiger charge is 2.35. The number of nitrogens with zero attached hydrogens (tertiary/aromatic N) is 2. The molecular weight excluding hydrogens is 240 g/mol. The maximum atomic E-state index is 10.6. The molecule has 0 aliphatic carbocycles. The quantitative estimate of drug-likeness (QED) is 0.788. The van der Waals surface area contributed by atoms with E-state index in [1.165, 1.54) is 0 Å². The number of hydrogen-bond acceptors (Lipinski definition) is 3. The predicted octanol–water partition coefficient (Wildman–Crippen LogP) is 2.71. The summed E-state index contributed by atoms with van der Waals surface area (Å²) in [6.07, 6.45) is 1.73. The lowest BCUT2D eigenvalue weighted by Gasteiger charge is -2.36. The molecule has 0 bridgehead atoms. The molecule has 1 unspecified atom stereocenters. The van der Waals surface area contributed by atoms with Gasteiger partial charge in [-0.1, -0.05) is 13.8 Å². The Hall–Kier alpha value is -0.870. The fraction of sp³-hybridized carbons (Fsp3) is 0.800. The zero-order chi connectivity index (χ0) is 14.5. The van der Waals surface area contributed by atoms with Crippen molar-refractivity contribution in [3.63, 3.8) is 0 Å². The van der Waals surface area contributed by atoms with E-state index in [1.807, 2.05) is 18.5 Å². The van der Waals surface area contributed by atoms with Crippen LogP contribution >= 0.6 is 0 Å². The minimum absolute atomic E-state index is 0.439. The number of aromatic nitrogens is 2. The van der Waals surface area contributed by atoms with Gasteiger partial charge in [0.15, 0.2) is 0 Å². The lowest BCUT2D eigenvalue weighted by Crippen LogP contribution is -2.45. The van der Waals surface area contributed by atoms with Crippen molar-refractivity contribution < 1.29 is 9.84 Å². The Morgan fingerprint density at radius 3 is 2.42 bits per heavy atom. The van der Waals surface area contributed by atoms with Gasteiger partial charge in [-0.15, -0.1) is 0 Å². The number of rotatable bonds is 8. The molecule has 0 aliphatic rings. The molecule has 19 heavy (non-hydrogen) atoms. The van der Waals surface area contributed by atoms with Crippen LogP contribution in [0.25, 0.3) is 0 Å². The van der Waals surface area contributed by atoms with Gasteiger partial charge in [0.25, 0.3) is 0 Å². The first kappa shape index (κ1) is 16.2. The molecule has 0 fully saturated rings. The van der Waals surface area contributed by atoms with E-state index in [0.717, 1.165) is 30.8 Å². The molecule has 1 N–H and O–H groups in total. The van der Waals surface area contributed by atoms with Crippen molar-refractivity contribution in [1.82, 2.24) is 9.78 Å². The molecule has 0 spiro atoms. The third kappa shape index (κ3) is 3.57. The first-order valence-electron chi connectivity index (χ1n) is 7.38. The van der Waals surface area contributed by atoms with Crippen molar-refractivity contribution in [3.05, 3.63) is 17.5 Å². The summed E-state index contributed by atoms with van der Waals surface area (Å²) in [5, 5.41) is 15.0. The van der Waals surface area contributed by atoms with E-state index in [-0.39, 0.29) is 0 Å². The van der Waals surface area contributed by atoms with Crippen LogP contribution in [0.3, 0.4) is 0 Å². The van der Waals surface area contributed by atoms with Crippen molar-refractivity contribution in [2.45, 2.75) is 72.1 Å². The molecule has 1 rings (SSSR count). The largest absolute Gasteiger partial charge is 0.390 e. The smallest absolute Gasteiger partial charge is 0.0938 e. The standard InChI is InChI=1S/C15H28N2O2/c1-6-15(7-2,19-9-4)14(18)11-13-10-12(5)16-17(13)8-3/h10,14,18H,6-9,11H2,1-5H3. The van der Waals surface area contributed by atoms with Gasteiger partial charge in [-0.05, 0) is 39.7 Å². The Kier molecular flexibility index (Phi) is 6.01. The van der Waals surface area contributed by atoms with Gasteiger partial charge in [0.05, 0.1) is 17.4 Å². The van der Waals surface area contributed by atoms with Crippen LogP contribution in [0.5, 0.6) is 0 Å². The average Bonchev–Trinajstić information content (AvgIpc) is 2.76. The van der Waals surface area contributed by atoms with E-state index in [1.54, 1.807) is 0 Å². The van der Waals surface area contributed by atoms with Crippen molar-refractivity contribution in [2.24, 2.45) is 0 Å². The number of aryl methyl sites for hydroxylation is 2. The Morgan fingerprint density at radius 1 is 1.32 bits per heavy atom. The maximum absolute atomic E-state index is 10.6. The molecule has 0 saturated heterocycles. The van der Waals surface area contributed by atoms with Crippen LogP contribution < -0.4 is 0 Å². The van der Waals surface area contributed by atoms with E-state index in [9.17, 15) is 5.11 Å². The summed E-state index contributed by atoms with van der Waals surface area (Å²) < 4.78 is 7.82. The van der Waals surface area contributed by atoms with Crippen molar-refractivity contribution in [2.75, 3.05) is 6.61 Å². The van der Waals surface area contributed by atoms with E-state index >= 15 is 0 Å².